The molecule has 0 bridgehead atoms. The summed E-state index contributed by atoms with van der Waals surface area (Å²) in [5.74, 6) is -0.944. The van der Waals surface area contributed by atoms with E-state index in [0.29, 0.717) is 0 Å². The lowest BCUT2D eigenvalue weighted by Gasteiger charge is -2.00. The van der Waals surface area contributed by atoms with Gasteiger partial charge in [0.15, 0.2) is 5.78 Å². The summed E-state index contributed by atoms with van der Waals surface area (Å²) < 4.78 is 36.0. The Labute approximate surface area is 86.1 Å². The molecule has 1 aliphatic heterocycles. The minimum absolute atomic E-state index is 0.00546. The number of fused-ring (bicyclic) bond motifs is 1. The Morgan fingerprint density at radius 1 is 1.33 bits per heavy atom. The van der Waals surface area contributed by atoms with E-state index in [4.69, 9.17) is 0 Å². The number of hydrogen-bond donors (Lipinski definition) is 0. The molecule has 0 aromatic heterocycles. The summed E-state index contributed by atoms with van der Waals surface area (Å²) in [4.78, 5) is 11.1. The van der Waals surface area contributed by atoms with Gasteiger partial charge in [-0.2, -0.15) is 0 Å². The molecule has 15 heavy (non-hydrogen) atoms. The van der Waals surface area contributed by atoms with Crippen LogP contribution in [-0.4, -0.2) is 14.2 Å². The summed E-state index contributed by atoms with van der Waals surface area (Å²) in [6, 6.07) is 3.30. The quantitative estimate of drug-likeness (QED) is 0.682. The molecule has 1 aromatic rings. The number of sulfone groups is 1. The average Bonchev–Trinajstić information content (AvgIpc) is 2.38. The fraction of sp³-hybridized carbons (Fsp3) is 0.100. The van der Waals surface area contributed by atoms with Gasteiger partial charge in [0.25, 0.3) is 0 Å². The topological polar surface area (TPSA) is 51.2 Å². The third-order valence-corrected chi connectivity index (χ3v) is 3.71. The third-order valence-electron chi connectivity index (χ3n) is 2.19. The second-order valence-corrected chi connectivity index (χ2v) is 5.04. The van der Waals surface area contributed by atoms with Gasteiger partial charge >= 0.3 is 0 Å². The van der Waals surface area contributed by atoms with Gasteiger partial charge in [-0.15, -0.1) is 0 Å². The number of Topliss-reactive ketones (excluding diaryl/α,β-unsaturated/α-hetero) is 1. The molecule has 1 aromatic carbocycles. The van der Waals surface area contributed by atoms with Gasteiger partial charge in [0, 0.05) is 16.5 Å². The zero-order valence-corrected chi connectivity index (χ0v) is 8.64. The van der Waals surface area contributed by atoms with Crippen molar-refractivity contribution in [2.24, 2.45) is 0 Å². The zero-order valence-electron chi connectivity index (χ0n) is 7.82. The molecule has 2 rings (SSSR count). The standard InChI is InChI=1S/C10H7FO3S/c1-6(12)9-5-15(13,14)10-3-2-7(11)4-8(9)10/h2-5H,1H3. The van der Waals surface area contributed by atoms with Crippen LogP contribution in [0.3, 0.4) is 0 Å². The third kappa shape index (κ3) is 1.48. The fourth-order valence-corrected chi connectivity index (χ4v) is 2.98. The van der Waals surface area contributed by atoms with Gasteiger partial charge < -0.3 is 0 Å². The molecule has 78 valence electrons. The molecular weight excluding hydrogens is 219 g/mol. The van der Waals surface area contributed by atoms with E-state index in [1.54, 1.807) is 0 Å². The van der Waals surface area contributed by atoms with Crippen LogP contribution in [-0.2, 0) is 14.6 Å². The molecule has 0 saturated heterocycles. The van der Waals surface area contributed by atoms with Crippen molar-refractivity contribution in [2.45, 2.75) is 11.8 Å². The van der Waals surface area contributed by atoms with E-state index >= 15 is 0 Å². The lowest BCUT2D eigenvalue weighted by molar-refractivity contribution is -0.111. The normalized spacial score (nSPS) is 17.1. The summed E-state index contributed by atoms with van der Waals surface area (Å²) in [7, 11) is -3.57. The van der Waals surface area contributed by atoms with E-state index in [9.17, 15) is 17.6 Å². The van der Waals surface area contributed by atoms with E-state index in [-0.39, 0.29) is 21.8 Å². The van der Waals surface area contributed by atoms with Crippen molar-refractivity contribution in [1.82, 2.24) is 0 Å². The summed E-state index contributed by atoms with van der Waals surface area (Å²) in [6.07, 6.45) is 0. The molecule has 1 aliphatic rings. The summed E-state index contributed by atoms with van der Waals surface area (Å²) in [6.45, 7) is 1.25. The summed E-state index contributed by atoms with van der Waals surface area (Å²) in [5.41, 5.74) is 0.201. The molecule has 1 heterocycles. The van der Waals surface area contributed by atoms with E-state index in [1.807, 2.05) is 0 Å². The van der Waals surface area contributed by atoms with Gasteiger partial charge in [-0.05, 0) is 25.1 Å². The molecule has 0 saturated carbocycles. The molecule has 0 atom stereocenters. The lowest BCUT2D eigenvalue weighted by Crippen LogP contribution is -1.95. The maximum atomic E-state index is 12.9. The monoisotopic (exact) mass is 226 g/mol. The number of carbonyl (C=O) groups is 1. The Morgan fingerprint density at radius 2 is 2.00 bits per heavy atom. The van der Waals surface area contributed by atoms with Crippen molar-refractivity contribution in [3.63, 3.8) is 0 Å². The smallest absolute Gasteiger partial charge is 0.201 e. The Hall–Kier alpha value is -1.49. The van der Waals surface area contributed by atoms with E-state index in [0.717, 1.165) is 17.5 Å². The van der Waals surface area contributed by atoms with Gasteiger partial charge in [0.05, 0.1) is 4.90 Å². The minimum Gasteiger partial charge on any atom is -0.294 e. The molecule has 0 N–H and O–H groups in total. The number of rotatable bonds is 1. The molecule has 0 spiro atoms. The van der Waals surface area contributed by atoms with Crippen molar-refractivity contribution < 1.29 is 17.6 Å². The average molecular weight is 226 g/mol. The van der Waals surface area contributed by atoms with Crippen molar-refractivity contribution >= 4 is 21.2 Å². The molecule has 0 aliphatic carbocycles. The Morgan fingerprint density at radius 3 is 2.60 bits per heavy atom. The van der Waals surface area contributed by atoms with E-state index in [2.05, 4.69) is 0 Å². The molecular formula is C10H7FO3S. The number of hydrogen-bond acceptors (Lipinski definition) is 3. The van der Waals surface area contributed by atoms with Gasteiger partial charge in [-0.1, -0.05) is 0 Å². The van der Waals surface area contributed by atoms with Gasteiger partial charge in [0.2, 0.25) is 9.84 Å². The van der Waals surface area contributed by atoms with E-state index < -0.39 is 15.7 Å². The number of carbonyl (C=O) groups excluding carboxylic acids is 1. The highest BCUT2D eigenvalue weighted by Crippen LogP contribution is 2.34. The zero-order chi connectivity index (χ0) is 11.2. The number of ketones is 1. The Balaban J connectivity index is 2.80. The fourth-order valence-electron chi connectivity index (χ4n) is 1.52. The van der Waals surface area contributed by atoms with Crippen LogP contribution in [0, 0.1) is 5.82 Å². The first kappa shape index (κ1) is 10.0. The first-order valence-corrected chi connectivity index (χ1v) is 5.74. The molecule has 0 fully saturated rings. The first-order valence-electron chi connectivity index (χ1n) is 4.19. The van der Waals surface area contributed by atoms with Crippen molar-refractivity contribution in [1.29, 1.82) is 0 Å². The second kappa shape index (κ2) is 3.00. The van der Waals surface area contributed by atoms with Crippen LogP contribution in [0.15, 0.2) is 28.5 Å². The van der Waals surface area contributed by atoms with Crippen molar-refractivity contribution in [2.75, 3.05) is 0 Å². The van der Waals surface area contributed by atoms with Gasteiger partial charge in [0.1, 0.15) is 5.82 Å². The first-order chi connectivity index (χ1) is 6.92. The van der Waals surface area contributed by atoms with Crippen LogP contribution in [0.4, 0.5) is 4.39 Å². The van der Waals surface area contributed by atoms with Crippen LogP contribution in [0.1, 0.15) is 12.5 Å². The van der Waals surface area contributed by atoms with Crippen LogP contribution >= 0.6 is 0 Å². The Bertz CT molecular complexity index is 585. The maximum absolute atomic E-state index is 12.9. The summed E-state index contributed by atoms with van der Waals surface area (Å²) >= 11 is 0. The van der Waals surface area contributed by atoms with Crippen LogP contribution in [0.2, 0.25) is 0 Å². The highest BCUT2D eigenvalue weighted by atomic mass is 32.2. The van der Waals surface area contributed by atoms with Crippen LogP contribution in [0.5, 0.6) is 0 Å². The highest BCUT2D eigenvalue weighted by Gasteiger charge is 2.29. The molecule has 0 unspecified atom stereocenters. The molecule has 3 nitrogen and oxygen atoms in total. The van der Waals surface area contributed by atoms with Gasteiger partial charge in [-0.25, -0.2) is 12.8 Å². The SMILES string of the molecule is CC(=O)C1=CS(=O)(=O)c2ccc(F)cc21. The minimum atomic E-state index is -3.57. The number of benzene rings is 1. The Kier molecular flexibility index (Phi) is 2.01. The summed E-state index contributed by atoms with van der Waals surface area (Å²) in [5, 5.41) is 0.888. The second-order valence-electron chi connectivity index (χ2n) is 3.27. The van der Waals surface area contributed by atoms with Crippen LogP contribution in [0.25, 0.3) is 5.57 Å². The highest BCUT2D eigenvalue weighted by molar-refractivity contribution is 7.95. The largest absolute Gasteiger partial charge is 0.294 e. The van der Waals surface area contributed by atoms with Gasteiger partial charge in [-0.3, -0.25) is 4.79 Å². The predicted molar refractivity (Wildman–Crippen MR) is 52.2 cm³/mol. The maximum Gasteiger partial charge on any atom is 0.201 e. The molecule has 0 amide bonds. The molecule has 0 radical (unpaired) electrons. The van der Waals surface area contributed by atoms with E-state index in [1.165, 1.54) is 13.0 Å². The van der Waals surface area contributed by atoms with Crippen molar-refractivity contribution in [3.8, 4) is 0 Å². The van der Waals surface area contributed by atoms with Crippen LogP contribution < -0.4 is 0 Å². The number of allylic oxidation sites excluding steroid dienone is 1. The number of halogens is 1. The lowest BCUT2D eigenvalue weighted by atomic mass is 10.0. The molecule has 5 heteroatoms. The van der Waals surface area contributed by atoms with Crippen molar-refractivity contribution in [3.05, 3.63) is 35.0 Å². The predicted octanol–water partition coefficient (Wildman–Crippen LogP) is 1.54.